The number of hydrogen-bond donors (Lipinski definition) is 1. The van der Waals surface area contributed by atoms with Gasteiger partial charge in [0.15, 0.2) is 15.5 Å². The van der Waals surface area contributed by atoms with E-state index in [0.29, 0.717) is 35.1 Å². The van der Waals surface area contributed by atoms with Gasteiger partial charge in [-0.3, -0.25) is 9.13 Å². The number of sulfone groups is 1. The van der Waals surface area contributed by atoms with Gasteiger partial charge in [0.05, 0.1) is 23.9 Å². The fraction of sp³-hybridized carbons (Fsp3) is 0.450. The van der Waals surface area contributed by atoms with Crippen molar-refractivity contribution in [3.63, 3.8) is 0 Å². The maximum atomic E-state index is 13.0. The minimum atomic E-state index is -3.35. The molecular weight excluding hydrogens is 406 g/mol. The Balaban J connectivity index is 1.77. The molecule has 1 aromatic carbocycles. The second kappa shape index (κ2) is 7.75. The van der Waals surface area contributed by atoms with Crippen LogP contribution in [0.4, 0.5) is 11.6 Å². The third kappa shape index (κ3) is 3.55. The Morgan fingerprint density at radius 1 is 1.27 bits per heavy atom. The third-order valence-corrected chi connectivity index (χ3v) is 6.67. The van der Waals surface area contributed by atoms with Crippen LogP contribution in [0.25, 0.3) is 11.2 Å². The monoisotopic (exact) mass is 431 g/mol. The summed E-state index contributed by atoms with van der Waals surface area (Å²) in [5, 5.41) is 3.09. The van der Waals surface area contributed by atoms with Gasteiger partial charge >= 0.3 is 5.69 Å². The summed E-state index contributed by atoms with van der Waals surface area (Å²) in [5.74, 6) is 0.675. The molecule has 1 fully saturated rings. The van der Waals surface area contributed by atoms with Gasteiger partial charge in [0.25, 0.3) is 0 Å². The quantitative estimate of drug-likeness (QED) is 0.639. The molecule has 0 atom stereocenters. The Bertz CT molecular complexity index is 1260. The van der Waals surface area contributed by atoms with Crippen LogP contribution in [0.5, 0.6) is 5.75 Å². The zero-order valence-corrected chi connectivity index (χ0v) is 18.1. The first kappa shape index (κ1) is 20.4. The van der Waals surface area contributed by atoms with Crippen LogP contribution in [-0.4, -0.2) is 40.9 Å². The summed E-state index contributed by atoms with van der Waals surface area (Å²) in [6.45, 7) is 2.48. The van der Waals surface area contributed by atoms with Crippen molar-refractivity contribution in [2.24, 2.45) is 0 Å². The number of ether oxygens (including phenoxy) is 1. The summed E-state index contributed by atoms with van der Waals surface area (Å²) >= 11 is 0. The molecule has 1 aliphatic carbocycles. The van der Waals surface area contributed by atoms with Gasteiger partial charge in [-0.25, -0.2) is 18.2 Å². The molecule has 1 saturated carbocycles. The van der Waals surface area contributed by atoms with Crippen LogP contribution in [0, 0.1) is 0 Å². The van der Waals surface area contributed by atoms with Crippen LogP contribution in [0.15, 0.2) is 34.1 Å². The van der Waals surface area contributed by atoms with E-state index in [2.05, 4.69) is 15.3 Å². The first-order valence-electron chi connectivity index (χ1n) is 9.96. The fourth-order valence-electron chi connectivity index (χ4n) is 4.04. The van der Waals surface area contributed by atoms with Crippen LogP contribution in [0.3, 0.4) is 0 Å². The van der Waals surface area contributed by atoms with E-state index in [0.717, 1.165) is 31.9 Å². The molecule has 3 aromatic rings. The highest BCUT2D eigenvalue weighted by atomic mass is 32.2. The molecule has 9 nitrogen and oxygen atoms in total. The summed E-state index contributed by atoms with van der Waals surface area (Å²) in [5.41, 5.74) is 1.80. The van der Waals surface area contributed by atoms with Crippen molar-refractivity contribution < 1.29 is 13.2 Å². The zero-order chi connectivity index (χ0) is 21.5. The number of nitrogens with one attached hydrogen (secondary N) is 1. The molecule has 4 rings (SSSR count). The number of methoxy groups -OCH3 is 1. The highest BCUT2D eigenvalue weighted by Crippen LogP contribution is 2.32. The number of benzene rings is 1. The van der Waals surface area contributed by atoms with Crippen LogP contribution < -0.4 is 15.7 Å². The molecule has 10 heteroatoms. The highest BCUT2D eigenvalue weighted by molar-refractivity contribution is 7.90. The van der Waals surface area contributed by atoms with Crippen LogP contribution >= 0.6 is 0 Å². The predicted octanol–water partition coefficient (Wildman–Crippen LogP) is 2.88. The van der Waals surface area contributed by atoms with E-state index < -0.39 is 9.84 Å². The third-order valence-electron chi connectivity index (χ3n) is 5.56. The van der Waals surface area contributed by atoms with Crippen molar-refractivity contribution in [2.45, 2.75) is 50.1 Å². The predicted molar refractivity (Wildman–Crippen MR) is 114 cm³/mol. The number of fused-ring (bicyclic) bond motifs is 1. The smallest absolute Gasteiger partial charge is 0.330 e. The lowest BCUT2D eigenvalue weighted by Gasteiger charge is -2.13. The standard InChI is InChI=1S/C20H25N5O4S/c1-4-24-16-12-21-19(23-18(16)25(20(24)26)13-7-5-6-8-13)22-15-10-9-14(30(3,27)28)11-17(15)29-2/h9-13H,4-8H2,1-3H3,(H,21,22,23). The molecule has 1 aliphatic rings. The summed E-state index contributed by atoms with van der Waals surface area (Å²) < 4.78 is 32.4. The van der Waals surface area contributed by atoms with Crippen molar-refractivity contribution >= 4 is 32.6 Å². The largest absolute Gasteiger partial charge is 0.495 e. The maximum Gasteiger partial charge on any atom is 0.330 e. The summed E-state index contributed by atoms with van der Waals surface area (Å²) in [6, 6.07) is 4.72. The number of anilines is 2. The fourth-order valence-corrected chi connectivity index (χ4v) is 4.68. The molecule has 0 spiro atoms. The number of imidazole rings is 1. The van der Waals surface area contributed by atoms with Crippen molar-refractivity contribution in [1.29, 1.82) is 0 Å². The van der Waals surface area contributed by atoms with E-state index in [-0.39, 0.29) is 16.6 Å². The van der Waals surface area contributed by atoms with Crippen LogP contribution in [0.1, 0.15) is 38.6 Å². The Hall–Kier alpha value is -2.88. The Morgan fingerprint density at radius 2 is 2.00 bits per heavy atom. The minimum absolute atomic E-state index is 0.0547. The first-order chi connectivity index (χ1) is 14.3. The Labute approximate surface area is 174 Å². The second-order valence-electron chi connectivity index (χ2n) is 7.50. The molecule has 0 radical (unpaired) electrons. The van der Waals surface area contributed by atoms with Gasteiger partial charge in [0, 0.05) is 24.9 Å². The lowest BCUT2D eigenvalue weighted by atomic mass is 10.2. The molecular formula is C20H25N5O4S. The van der Waals surface area contributed by atoms with E-state index in [1.165, 1.54) is 19.2 Å². The lowest BCUT2D eigenvalue weighted by molar-refractivity contribution is 0.415. The minimum Gasteiger partial charge on any atom is -0.495 e. The lowest BCUT2D eigenvalue weighted by Crippen LogP contribution is -2.26. The molecule has 0 aliphatic heterocycles. The molecule has 0 amide bonds. The van der Waals surface area contributed by atoms with Gasteiger partial charge in [0.2, 0.25) is 5.95 Å². The van der Waals surface area contributed by atoms with Crippen molar-refractivity contribution in [3.8, 4) is 5.75 Å². The van der Waals surface area contributed by atoms with Crippen molar-refractivity contribution in [3.05, 3.63) is 34.9 Å². The molecule has 2 heterocycles. The summed E-state index contributed by atoms with van der Waals surface area (Å²) in [6.07, 6.45) is 6.95. The topological polar surface area (TPSA) is 108 Å². The van der Waals surface area contributed by atoms with Gasteiger partial charge in [-0.1, -0.05) is 12.8 Å². The Kier molecular flexibility index (Phi) is 5.27. The Morgan fingerprint density at radius 3 is 2.63 bits per heavy atom. The van der Waals surface area contributed by atoms with E-state index in [1.807, 2.05) is 6.92 Å². The molecule has 160 valence electrons. The average molecular weight is 432 g/mol. The van der Waals surface area contributed by atoms with Crippen molar-refractivity contribution in [1.82, 2.24) is 19.1 Å². The molecule has 0 bridgehead atoms. The normalized spacial score (nSPS) is 15.0. The molecule has 1 N–H and O–H groups in total. The highest BCUT2D eigenvalue weighted by Gasteiger charge is 2.24. The molecule has 30 heavy (non-hydrogen) atoms. The van der Waals surface area contributed by atoms with Gasteiger partial charge in [0.1, 0.15) is 11.3 Å². The number of aryl methyl sites for hydroxylation is 1. The summed E-state index contributed by atoms with van der Waals surface area (Å²) in [7, 11) is -1.89. The second-order valence-corrected chi connectivity index (χ2v) is 9.51. The SMILES string of the molecule is CCn1c(=O)n(C2CCCC2)c2nc(Nc3ccc(S(C)(=O)=O)cc3OC)ncc21. The number of nitrogens with zero attached hydrogens (tertiary/aromatic N) is 4. The van der Waals surface area contributed by atoms with Gasteiger partial charge in [-0.2, -0.15) is 4.98 Å². The molecule has 2 aromatic heterocycles. The molecule has 0 unspecified atom stereocenters. The van der Waals surface area contributed by atoms with Crippen LogP contribution in [-0.2, 0) is 16.4 Å². The van der Waals surface area contributed by atoms with Crippen molar-refractivity contribution in [2.75, 3.05) is 18.7 Å². The van der Waals surface area contributed by atoms with E-state index in [4.69, 9.17) is 4.74 Å². The number of aromatic nitrogens is 4. The van der Waals surface area contributed by atoms with Crippen LogP contribution in [0.2, 0.25) is 0 Å². The van der Waals surface area contributed by atoms with Gasteiger partial charge in [-0.15, -0.1) is 0 Å². The van der Waals surface area contributed by atoms with Gasteiger partial charge in [-0.05, 0) is 31.9 Å². The van der Waals surface area contributed by atoms with E-state index >= 15 is 0 Å². The summed E-state index contributed by atoms with van der Waals surface area (Å²) in [4.78, 5) is 22.1. The number of hydrogen-bond acceptors (Lipinski definition) is 7. The number of rotatable bonds is 6. The molecule has 0 saturated heterocycles. The zero-order valence-electron chi connectivity index (χ0n) is 17.3. The van der Waals surface area contributed by atoms with Gasteiger partial charge < -0.3 is 10.1 Å². The maximum absolute atomic E-state index is 13.0. The van der Waals surface area contributed by atoms with E-state index in [1.54, 1.807) is 21.4 Å². The first-order valence-corrected chi connectivity index (χ1v) is 11.9. The van der Waals surface area contributed by atoms with E-state index in [9.17, 15) is 13.2 Å². The average Bonchev–Trinajstić information content (AvgIpc) is 3.32.